The molecule has 25 heavy (non-hydrogen) atoms. The number of piperidine rings is 1. The van der Waals surface area contributed by atoms with E-state index in [4.69, 9.17) is 4.52 Å². The maximum atomic E-state index is 12.8. The standard InChI is InChI=1S/C17H20N6O2/c1-11(2)15-20-14(21-25-15)12-5-3-7-22(9-12)16(24)13-10-23-8-4-6-18-17(23)19-13/h4,6,8,10-12H,3,5,7,9H2,1-2H3/t12-/m0/s1. The molecule has 3 aromatic rings. The highest BCUT2D eigenvalue weighted by Crippen LogP contribution is 2.27. The van der Waals surface area contributed by atoms with Gasteiger partial charge in [0, 0.05) is 43.5 Å². The number of hydrogen-bond donors (Lipinski definition) is 0. The second kappa shape index (κ2) is 6.27. The van der Waals surface area contributed by atoms with Crippen molar-refractivity contribution in [3.05, 3.63) is 42.1 Å². The Morgan fingerprint density at radius 1 is 1.36 bits per heavy atom. The van der Waals surface area contributed by atoms with Crippen LogP contribution in [0, 0.1) is 0 Å². The lowest BCUT2D eigenvalue weighted by atomic mass is 9.97. The van der Waals surface area contributed by atoms with E-state index in [1.54, 1.807) is 16.8 Å². The molecule has 0 unspecified atom stereocenters. The van der Waals surface area contributed by atoms with E-state index in [9.17, 15) is 4.79 Å². The summed E-state index contributed by atoms with van der Waals surface area (Å²) < 4.78 is 7.06. The first-order valence-electron chi connectivity index (χ1n) is 8.54. The molecule has 1 atom stereocenters. The monoisotopic (exact) mass is 340 g/mol. The Morgan fingerprint density at radius 2 is 2.24 bits per heavy atom. The van der Waals surface area contributed by atoms with Crippen molar-refractivity contribution >= 4 is 11.7 Å². The van der Waals surface area contributed by atoms with E-state index < -0.39 is 0 Å². The lowest BCUT2D eigenvalue weighted by molar-refractivity contribution is 0.0698. The molecule has 130 valence electrons. The van der Waals surface area contributed by atoms with Crippen molar-refractivity contribution in [1.29, 1.82) is 0 Å². The van der Waals surface area contributed by atoms with E-state index in [0.717, 1.165) is 12.8 Å². The van der Waals surface area contributed by atoms with E-state index in [1.165, 1.54) is 0 Å². The smallest absolute Gasteiger partial charge is 0.274 e. The normalized spacial score (nSPS) is 18.2. The van der Waals surface area contributed by atoms with Crippen molar-refractivity contribution in [3.8, 4) is 0 Å². The molecule has 1 amide bonds. The van der Waals surface area contributed by atoms with Crippen LogP contribution in [0.3, 0.4) is 0 Å². The van der Waals surface area contributed by atoms with Gasteiger partial charge in [0.2, 0.25) is 11.7 Å². The molecule has 0 N–H and O–H groups in total. The Kier molecular flexibility index (Phi) is 3.95. The van der Waals surface area contributed by atoms with E-state index in [-0.39, 0.29) is 17.7 Å². The van der Waals surface area contributed by atoms with Crippen molar-refractivity contribution in [2.75, 3.05) is 13.1 Å². The van der Waals surface area contributed by atoms with Crippen molar-refractivity contribution in [2.45, 2.75) is 38.5 Å². The zero-order chi connectivity index (χ0) is 17.4. The van der Waals surface area contributed by atoms with Gasteiger partial charge < -0.3 is 9.42 Å². The average molecular weight is 340 g/mol. The molecule has 8 heteroatoms. The molecule has 1 saturated heterocycles. The number of rotatable bonds is 3. The third kappa shape index (κ3) is 2.99. The van der Waals surface area contributed by atoms with Gasteiger partial charge >= 0.3 is 0 Å². The summed E-state index contributed by atoms with van der Waals surface area (Å²) in [4.78, 5) is 27.6. The van der Waals surface area contributed by atoms with E-state index in [0.29, 0.717) is 36.3 Å². The van der Waals surface area contributed by atoms with Crippen LogP contribution in [-0.2, 0) is 0 Å². The van der Waals surface area contributed by atoms with Crippen molar-refractivity contribution in [3.63, 3.8) is 0 Å². The largest absolute Gasteiger partial charge is 0.339 e. The van der Waals surface area contributed by atoms with Gasteiger partial charge in [0.15, 0.2) is 5.82 Å². The fourth-order valence-electron chi connectivity index (χ4n) is 3.11. The predicted molar refractivity (Wildman–Crippen MR) is 89.3 cm³/mol. The average Bonchev–Trinajstić information content (AvgIpc) is 3.28. The predicted octanol–water partition coefficient (Wildman–Crippen LogP) is 2.26. The molecule has 0 aliphatic carbocycles. The first-order chi connectivity index (χ1) is 12.1. The number of carbonyl (C=O) groups excluding carboxylic acids is 1. The summed E-state index contributed by atoms with van der Waals surface area (Å²) in [5.74, 6) is 2.09. The van der Waals surface area contributed by atoms with Gasteiger partial charge in [-0.05, 0) is 18.9 Å². The van der Waals surface area contributed by atoms with Crippen LogP contribution in [0.2, 0.25) is 0 Å². The first kappa shape index (κ1) is 15.7. The lowest BCUT2D eigenvalue weighted by Crippen LogP contribution is -2.39. The third-order valence-electron chi connectivity index (χ3n) is 4.48. The summed E-state index contributed by atoms with van der Waals surface area (Å²) in [5.41, 5.74) is 0.412. The summed E-state index contributed by atoms with van der Waals surface area (Å²) in [6.07, 6.45) is 7.08. The van der Waals surface area contributed by atoms with Gasteiger partial charge in [0.1, 0.15) is 5.69 Å². The van der Waals surface area contributed by atoms with Crippen LogP contribution < -0.4 is 0 Å². The molecule has 0 bridgehead atoms. The maximum Gasteiger partial charge on any atom is 0.274 e. The van der Waals surface area contributed by atoms with Gasteiger partial charge in [0.05, 0.1) is 0 Å². The van der Waals surface area contributed by atoms with Crippen LogP contribution >= 0.6 is 0 Å². The SMILES string of the molecule is CC(C)c1nc([C@H]2CCCN(C(=O)c3cn4cccnc4n3)C2)no1. The van der Waals surface area contributed by atoms with Crippen LogP contribution in [0.5, 0.6) is 0 Å². The minimum Gasteiger partial charge on any atom is -0.339 e. The van der Waals surface area contributed by atoms with Gasteiger partial charge in [0.25, 0.3) is 5.91 Å². The topological polar surface area (TPSA) is 89.4 Å². The molecule has 4 rings (SSSR count). The number of nitrogens with zero attached hydrogens (tertiary/aromatic N) is 6. The fraction of sp³-hybridized carbons (Fsp3) is 0.471. The molecule has 1 fully saturated rings. The number of amides is 1. The molecule has 0 saturated carbocycles. The summed E-state index contributed by atoms with van der Waals surface area (Å²) in [6, 6.07) is 1.81. The van der Waals surface area contributed by atoms with E-state index in [2.05, 4.69) is 20.1 Å². The second-order valence-corrected chi connectivity index (χ2v) is 6.69. The Morgan fingerprint density at radius 3 is 3.00 bits per heavy atom. The molecule has 0 radical (unpaired) electrons. The number of likely N-dealkylation sites (tertiary alicyclic amines) is 1. The molecule has 1 aliphatic heterocycles. The van der Waals surface area contributed by atoms with Crippen molar-refractivity contribution in [1.82, 2.24) is 29.4 Å². The molecular weight excluding hydrogens is 320 g/mol. The number of aromatic nitrogens is 5. The number of carbonyl (C=O) groups is 1. The Labute approximate surface area is 144 Å². The van der Waals surface area contributed by atoms with Gasteiger partial charge in [-0.2, -0.15) is 4.98 Å². The molecule has 1 aliphatic rings. The highest BCUT2D eigenvalue weighted by Gasteiger charge is 2.29. The Balaban J connectivity index is 1.52. The lowest BCUT2D eigenvalue weighted by Gasteiger charge is -2.30. The van der Waals surface area contributed by atoms with E-state index in [1.807, 2.05) is 31.0 Å². The zero-order valence-corrected chi connectivity index (χ0v) is 14.3. The number of fused-ring (bicyclic) bond motifs is 1. The zero-order valence-electron chi connectivity index (χ0n) is 14.3. The van der Waals surface area contributed by atoms with Crippen molar-refractivity contribution in [2.24, 2.45) is 0 Å². The molecule has 0 aromatic carbocycles. The molecule has 8 nitrogen and oxygen atoms in total. The molecule has 4 heterocycles. The summed E-state index contributed by atoms with van der Waals surface area (Å²) in [7, 11) is 0. The molecule has 3 aromatic heterocycles. The second-order valence-electron chi connectivity index (χ2n) is 6.69. The van der Waals surface area contributed by atoms with Crippen LogP contribution in [0.15, 0.2) is 29.2 Å². The quantitative estimate of drug-likeness (QED) is 0.726. The molecule has 0 spiro atoms. The van der Waals surface area contributed by atoms with Gasteiger partial charge in [-0.1, -0.05) is 19.0 Å². The third-order valence-corrected chi connectivity index (χ3v) is 4.48. The van der Waals surface area contributed by atoms with Crippen molar-refractivity contribution < 1.29 is 9.32 Å². The summed E-state index contributed by atoms with van der Waals surface area (Å²) in [6.45, 7) is 5.33. The van der Waals surface area contributed by atoms with E-state index >= 15 is 0 Å². The highest BCUT2D eigenvalue weighted by atomic mass is 16.5. The van der Waals surface area contributed by atoms with Gasteiger partial charge in [-0.25, -0.2) is 9.97 Å². The number of imidazole rings is 1. The summed E-state index contributed by atoms with van der Waals surface area (Å²) in [5, 5.41) is 4.11. The molecular formula is C17H20N6O2. The van der Waals surface area contributed by atoms with Crippen LogP contribution in [0.1, 0.15) is 60.7 Å². The Bertz CT molecular complexity index is 866. The van der Waals surface area contributed by atoms with Gasteiger partial charge in [-0.3, -0.25) is 9.20 Å². The van der Waals surface area contributed by atoms with Crippen LogP contribution in [0.25, 0.3) is 5.78 Å². The van der Waals surface area contributed by atoms with Gasteiger partial charge in [-0.15, -0.1) is 0 Å². The Hall–Kier alpha value is -2.77. The first-order valence-corrected chi connectivity index (χ1v) is 8.54. The minimum atomic E-state index is -0.0808. The number of hydrogen-bond acceptors (Lipinski definition) is 6. The summed E-state index contributed by atoms with van der Waals surface area (Å²) >= 11 is 0. The highest BCUT2D eigenvalue weighted by molar-refractivity contribution is 5.92. The van der Waals surface area contributed by atoms with Crippen LogP contribution in [0.4, 0.5) is 0 Å². The van der Waals surface area contributed by atoms with Crippen LogP contribution in [-0.4, -0.2) is 48.4 Å². The maximum absolute atomic E-state index is 12.8. The fourth-order valence-corrected chi connectivity index (χ4v) is 3.11. The minimum absolute atomic E-state index is 0.0808.